The minimum absolute atomic E-state index is 0.0428. The summed E-state index contributed by atoms with van der Waals surface area (Å²) >= 11 is 0. The van der Waals surface area contributed by atoms with E-state index in [1.165, 1.54) is 11.1 Å². The molecule has 2 aromatic rings. The van der Waals surface area contributed by atoms with E-state index in [-0.39, 0.29) is 12.5 Å². The number of ether oxygens (including phenoxy) is 1. The topological polar surface area (TPSA) is 58.6 Å². The smallest absolute Gasteiger partial charge is 0.260 e. The van der Waals surface area contributed by atoms with Crippen molar-refractivity contribution in [3.8, 4) is 5.75 Å². The first-order valence-corrected chi connectivity index (χ1v) is 8.89. The zero-order valence-electron chi connectivity index (χ0n) is 14.6. The Morgan fingerprint density at radius 3 is 2.96 bits per heavy atom. The summed E-state index contributed by atoms with van der Waals surface area (Å²) in [5, 5.41) is 12.2. The number of amides is 1. The number of aryl methyl sites for hydroxylation is 1. The number of aliphatic hydroxyl groups is 1. The largest absolute Gasteiger partial charge is 0.481 e. The summed E-state index contributed by atoms with van der Waals surface area (Å²) < 4.78 is 5.70. The number of hydrogen-bond donors (Lipinski definition) is 2. The van der Waals surface area contributed by atoms with Crippen molar-refractivity contribution in [1.82, 2.24) is 5.32 Å². The molecule has 0 saturated heterocycles. The van der Waals surface area contributed by atoms with Gasteiger partial charge in [-0.05, 0) is 55.0 Å². The Bertz CT molecular complexity index is 729. The van der Waals surface area contributed by atoms with E-state index in [4.69, 9.17) is 4.74 Å². The van der Waals surface area contributed by atoms with Crippen molar-refractivity contribution in [1.29, 1.82) is 0 Å². The van der Waals surface area contributed by atoms with Crippen LogP contribution < -0.4 is 10.1 Å². The SMILES string of the molecule is CC(Oc1cccc(CO)c1)C(=O)NCC1CCCc2ccccc21. The molecule has 0 aliphatic heterocycles. The van der Waals surface area contributed by atoms with Crippen molar-refractivity contribution >= 4 is 5.91 Å². The Hall–Kier alpha value is -2.33. The minimum atomic E-state index is -0.576. The second-order valence-electron chi connectivity index (χ2n) is 6.60. The van der Waals surface area contributed by atoms with E-state index in [1.54, 1.807) is 19.1 Å². The number of carbonyl (C=O) groups excluding carboxylic acids is 1. The molecule has 0 saturated carbocycles. The number of carbonyl (C=O) groups is 1. The Labute approximate surface area is 148 Å². The molecule has 2 N–H and O–H groups in total. The maximum atomic E-state index is 12.4. The lowest BCUT2D eigenvalue weighted by molar-refractivity contribution is -0.127. The number of rotatable bonds is 6. The zero-order chi connectivity index (χ0) is 17.6. The molecule has 0 aromatic heterocycles. The van der Waals surface area contributed by atoms with Gasteiger partial charge in [-0.25, -0.2) is 0 Å². The van der Waals surface area contributed by atoms with Gasteiger partial charge in [0.05, 0.1) is 6.61 Å². The van der Waals surface area contributed by atoms with Crippen LogP contribution in [0.1, 0.15) is 42.4 Å². The predicted octanol–water partition coefficient (Wildman–Crippen LogP) is 3.18. The third kappa shape index (κ3) is 4.40. The molecule has 4 nitrogen and oxygen atoms in total. The summed E-state index contributed by atoms with van der Waals surface area (Å²) in [6, 6.07) is 15.7. The molecule has 0 bridgehead atoms. The van der Waals surface area contributed by atoms with Crippen LogP contribution in [-0.2, 0) is 17.8 Å². The number of nitrogens with one attached hydrogen (secondary N) is 1. The second kappa shape index (κ2) is 8.17. The van der Waals surface area contributed by atoms with Crippen LogP contribution in [0.4, 0.5) is 0 Å². The van der Waals surface area contributed by atoms with Gasteiger partial charge in [0, 0.05) is 12.5 Å². The molecule has 2 aromatic carbocycles. The average molecular weight is 339 g/mol. The van der Waals surface area contributed by atoms with Crippen molar-refractivity contribution in [2.24, 2.45) is 0 Å². The Morgan fingerprint density at radius 2 is 2.12 bits per heavy atom. The lowest BCUT2D eigenvalue weighted by Gasteiger charge is -2.26. The van der Waals surface area contributed by atoms with Gasteiger partial charge in [-0.3, -0.25) is 4.79 Å². The molecule has 0 radical (unpaired) electrons. The molecule has 25 heavy (non-hydrogen) atoms. The van der Waals surface area contributed by atoms with E-state index < -0.39 is 6.10 Å². The van der Waals surface area contributed by atoms with E-state index in [1.807, 2.05) is 12.1 Å². The lowest BCUT2D eigenvalue weighted by Crippen LogP contribution is -2.39. The highest BCUT2D eigenvalue weighted by molar-refractivity contribution is 5.80. The second-order valence-corrected chi connectivity index (χ2v) is 6.60. The first kappa shape index (κ1) is 17.5. The molecule has 1 aliphatic carbocycles. The van der Waals surface area contributed by atoms with Gasteiger partial charge < -0.3 is 15.2 Å². The zero-order valence-corrected chi connectivity index (χ0v) is 14.6. The molecule has 1 aliphatic rings. The Balaban J connectivity index is 1.55. The quantitative estimate of drug-likeness (QED) is 0.850. The molecule has 0 heterocycles. The highest BCUT2D eigenvalue weighted by Gasteiger charge is 2.22. The van der Waals surface area contributed by atoms with Crippen LogP contribution in [-0.4, -0.2) is 23.7 Å². The van der Waals surface area contributed by atoms with E-state index >= 15 is 0 Å². The normalized spacial score (nSPS) is 17.4. The Morgan fingerprint density at radius 1 is 1.28 bits per heavy atom. The van der Waals surface area contributed by atoms with E-state index in [2.05, 4.69) is 29.6 Å². The molecular weight excluding hydrogens is 314 g/mol. The van der Waals surface area contributed by atoms with Gasteiger partial charge in [0.1, 0.15) is 5.75 Å². The van der Waals surface area contributed by atoms with Crippen molar-refractivity contribution in [2.75, 3.05) is 6.54 Å². The summed E-state index contributed by atoms with van der Waals surface area (Å²) in [5.41, 5.74) is 3.53. The fraction of sp³-hybridized carbons (Fsp3) is 0.381. The first-order chi connectivity index (χ1) is 12.2. The standard InChI is InChI=1S/C21H25NO3/c1-15(25-19-10-4-6-16(12-19)14-23)21(24)22-13-18-9-5-8-17-7-2-3-11-20(17)18/h2-4,6-7,10-12,15,18,23H,5,8-9,13-14H2,1H3,(H,22,24). The molecular formula is C21H25NO3. The van der Waals surface area contributed by atoms with Gasteiger partial charge in [0.15, 0.2) is 6.10 Å². The van der Waals surface area contributed by atoms with Crippen molar-refractivity contribution < 1.29 is 14.6 Å². The van der Waals surface area contributed by atoms with E-state index in [9.17, 15) is 9.90 Å². The summed E-state index contributed by atoms with van der Waals surface area (Å²) in [4.78, 5) is 12.4. The number of fused-ring (bicyclic) bond motifs is 1. The Kier molecular flexibility index (Phi) is 5.71. The lowest BCUT2D eigenvalue weighted by atomic mass is 9.83. The maximum absolute atomic E-state index is 12.4. The summed E-state index contributed by atoms with van der Waals surface area (Å²) in [6.07, 6.45) is 2.82. The third-order valence-corrected chi connectivity index (χ3v) is 4.78. The maximum Gasteiger partial charge on any atom is 0.260 e. The van der Waals surface area contributed by atoms with Crippen LogP contribution in [0.5, 0.6) is 5.75 Å². The van der Waals surface area contributed by atoms with Gasteiger partial charge in [-0.2, -0.15) is 0 Å². The fourth-order valence-electron chi connectivity index (χ4n) is 3.41. The minimum Gasteiger partial charge on any atom is -0.481 e. The van der Waals surface area contributed by atoms with Crippen LogP contribution in [0.2, 0.25) is 0 Å². The summed E-state index contributed by atoms with van der Waals surface area (Å²) in [6.45, 7) is 2.34. The molecule has 3 rings (SSSR count). The summed E-state index contributed by atoms with van der Waals surface area (Å²) in [5.74, 6) is 0.855. The van der Waals surface area contributed by atoms with Gasteiger partial charge in [0.2, 0.25) is 0 Å². The van der Waals surface area contributed by atoms with E-state index in [0.717, 1.165) is 24.8 Å². The highest BCUT2D eigenvalue weighted by atomic mass is 16.5. The van der Waals surface area contributed by atoms with Gasteiger partial charge in [0.25, 0.3) is 5.91 Å². The number of aliphatic hydroxyl groups excluding tert-OH is 1. The average Bonchev–Trinajstić information content (AvgIpc) is 2.66. The molecule has 2 atom stereocenters. The molecule has 132 valence electrons. The fourth-order valence-corrected chi connectivity index (χ4v) is 3.41. The first-order valence-electron chi connectivity index (χ1n) is 8.89. The van der Waals surface area contributed by atoms with Crippen molar-refractivity contribution in [3.05, 3.63) is 65.2 Å². The van der Waals surface area contributed by atoms with Gasteiger partial charge >= 0.3 is 0 Å². The molecule has 2 unspecified atom stereocenters. The van der Waals surface area contributed by atoms with Crippen LogP contribution in [0, 0.1) is 0 Å². The van der Waals surface area contributed by atoms with Crippen LogP contribution in [0.3, 0.4) is 0 Å². The molecule has 0 spiro atoms. The van der Waals surface area contributed by atoms with Gasteiger partial charge in [-0.15, -0.1) is 0 Å². The van der Waals surface area contributed by atoms with Crippen molar-refractivity contribution in [3.63, 3.8) is 0 Å². The van der Waals surface area contributed by atoms with Crippen LogP contribution in [0.15, 0.2) is 48.5 Å². The highest BCUT2D eigenvalue weighted by Crippen LogP contribution is 2.30. The predicted molar refractivity (Wildman–Crippen MR) is 97.6 cm³/mol. The molecule has 1 amide bonds. The summed E-state index contributed by atoms with van der Waals surface area (Å²) in [7, 11) is 0. The van der Waals surface area contributed by atoms with Crippen LogP contribution >= 0.6 is 0 Å². The van der Waals surface area contributed by atoms with Crippen LogP contribution in [0.25, 0.3) is 0 Å². The number of benzene rings is 2. The molecule has 4 heteroatoms. The van der Waals surface area contributed by atoms with E-state index in [0.29, 0.717) is 18.2 Å². The van der Waals surface area contributed by atoms with Gasteiger partial charge in [-0.1, -0.05) is 36.4 Å². The number of hydrogen-bond acceptors (Lipinski definition) is 3. The third-order valence-electron chi connectivity index (χ3n) is 4.78. The van der Waals surface area contributed by atoms with Crippen molar-refractivity contribution in [2.45, 2.75) is 44.8 Å². The monoisotopic (exact) mass is 339 g/mol. The molecule has 0 fully saturated rings.